The number of aromatic nitrogens is 3. The topological polar surface area (TPSA) is 107 Å². The molecular weight excluding hydrogens is 316 g/mol. The monoisotopic (exact) mass is 338 g/mol. The predicted molar refractivity (Wildman–Crippen MR) is 95.4 cm³/mol. The van der Waals surface area contributed by atoms with Gasteiger partial charge in [0, 0.05) is 24.2 Å². The summed E-state index contributed by atoms with van der Waals surface area (Å²) in [5.74, 6) is 1.44. The van der Waals surface area contributed by atoms with Crippen LogP contribution in [0.4, 0.5) is 11.8 Å². The quantitative estimate of drug-likeness (QED) is 0.766. The summed E-state index contributed by atoms with van der Waals surface area (Å²) in [5, 5.41) is 25.4. The van der Waals surface area contributed by atoms with Gasteiger partial charge in [0.15, 0.2) is 0 Å². The molecular formula is C18H22N6O. The standard InChI is InChI=1S/C18H22N6O/c1-10(2)15(9-25)23-18-22-7-12(5-19)16(24-18)14-8-21-17-13(14)4-11(3)6-20-17/h4,6-7,10,14-15,25H,8-9H2,1-3H3,(H,20,21)(H,22,23,24)/t14?,15-/m0/s1. The van der Waals surface area contributed by atoms with Crippen molar-refractivity contribution in [1.82, 2.24) is 15.0 Å². The zero-order chi connectivity index (χ0) is 18.0. The number of hydrogen-bond acceptors (Lipinski definition) is 7. The Bertz CT molecular complexity index is 814. The Morgan fingerprint density at radius 2 is 2.20 bits per heavy atom. The van der Waals surface area contributed by atoms with Crippen LogP contribution >= 0.6 is 0 Å². The average molecular weight is 338 g/mol. The number of pyridine rings is 1. The molecule has 0 aliphatic carbocycles. The second-order valence-electron chi connectivity index (χ2n) is 6.67. The molecule has 2 aromatic rings. The third kappa shape index (κ3) is 3.39. The fraction of sp³-hybridized carbons (Fsp3) is 0.444. The summed E-state index contributed by atoms with van der Waals surface area (Å²) in [5.41, 5.74) is 3.25. The lowest BCUT2D eigenvalue weighted by molar-refractivity contribution is 0.248. The first-order valence-electron chi connectivity index (χ1n) is 8.38. The molecule has 3 heterocycles. The molecule has 0 fully saturated rings. The first-order chi connectivity index (χ1) is 12.0. The second kappa shape index (κ2) is 7.03. The van der Waals surface area contributed by atoms with Crippen LogP contribution in [0.1, 0.15) is 42.1 Å². The molecule has 2 atom stereocenters. The number of fused-ring (bicyclic) bond motifs is 1. The van der Waals surface area contributed by atoms with Crippen LogP contribution in [0.25, 0.3) is 0 Å². The lowest BCUT2D eigenvalue weighted by Crippen LogP contribution is -2.30. The Morgan fingerprint density at radius 3 is 2.88 bits per heavy atom. The van der Waals surface area contributed by atoms with Crippen molar-refractivity contribution in [2.45, 2.75) is 32.7 Å². The van der Waals surface area contributed by atoms with E-state index in [0.29, 0.717) is 23.8 Å². The summed E-state index contributed by atoms with van der Waals surface area (Å²) >= 11 is 0. The van der Waals surface area contributed by atoms with Crippen molar-refractivity contribution in [3.8, 4) is 6.07 Å². The van der Waals surface area contributed by atoms with Crippen LogP contribution in [-0.4, -0.2) is 39.3 Å². The van der Waals surface area contributed by atoms with E-state index in [-0.39, 0.29) is 24.5 Å². The zero-order valence-electron chi connectivity index (χ0n) is 14.6. The van der Waals surface area contributed by atoms with Crippen molar-refractivity contribution in [2.24, 2.45) is 5.92 Å². The Kier molecular flexibility index (Phi) is 4.81. The van der Waals surface area contributed by atoms with E-state index >= 15 is 0 Å². The first kappa shape index (κ1) is 17.1. The highest BCUT2D eigenvalue weighted by Crippen LogP contribution is 2.35. The molecule has 2 aromatic heterocycles. The molecule has 1 aliphatic rings. The van der Waals surface area contributed by atoms with E-state index < -0.39 is 0 Å². The largest absolute Gasteiger partial charge is 0.394 e. The molecule has 3 rings (SSSR count). The van der Waals surface area contributed by atoms with Gasteiger partial charge in [-0.25, -0.2) is 15.0 Å². The summed E-state index contributed by atoms with van der Waals surface area (Å²) < 4.78 is 0. The van der Waals surface area contributed by atoms with Gasteiger partial charge in [-0.2, -0.15) is 5.26 Å². The summed E-state index contributed by atoms with van der Waals surface area (Å²) in [6.07, 6.45) is 3.36. The number of nitrogens with zero attached hydrogens (tertiary/aromatic N) is 4. The fourth-order valence-electron chi connectivity index (χ4n) is 2.96. The number of nitriles is 1. The van der Waals surface area contributed by atoms with Crippen LogP contribution in [0.2, 0.25) is 0 Å². The van der Waals surface area contributed by atoms with Crippen LogP contribution in [0.3, 0.4) is 0 Å². The molecule has 7 heteroatoms. The zero-order valence-corrected chi connectivity index (χ0v) is 14.6. The van der Waals surface area contributed by atoms with E-state index in [9.17, 15) is 10.4 Å². The van der Waals surface area contributed by atoms with Crippen LogP contribution in [0.5, 0.6) is 0 Å². The van der Waals surface area contributed by atoms with Crippen molar-refractivity contribution in [1.29, 1.82) is 5.26 Å². The second-order valence-corrected chi connectivity index (χ2v) is 6.67. The number of aliphatic hydroxyl groups is 1. The predicted octanol–water partition coefficient (Wildman–Crippen LogP) is 2.04. The Balaban J connectivity index is 1.98. The Labute approximate surface area is 147 Å². The van der Waals surface area contributed by atoms with Crippen molar-refractivity contribution >= 4 is 11.8 Å². The highest BCUT2D eigenvalue weighted by molar-refractivity contribution is 5.57. The molecule has 1 unspecified atom stereocenters. The highest BCUT2D eigenvalue weighted by Gasteiger charge is 2.29. The maximum absolute atomic E-state index is 9.51. The molecule has 0 saturated heterocycles. The first-order valence-corrected chi connectivity index (χ1v) is 8.38. The molecule has 0 saturated carbocycles. The van der Waals surface area contributed by atoms with E-state index in [4.69, 9.17) is 0 Å². The number of rotatable bonds is 5. The van der Waals surface area contributed by atoms with Gasteiger partial charge < -0.3 is 15.7 Å². The smallest absolute Gasteiger partial charge is 0.223 e. The Morgan fingerprint density at radius 1 is 1.40 bits per heavy atom. The third-order valence-corrected chi connectivity index (χ3v) is 4.49. The molecule has 3 N–H and O–H groups in total. The van der Waals surface area contributed by atoms with Crippen molar-refractivity contribution in [3.63, 3.8) is 0 Å². The van der Waals surface area contributed by atoms with Gasteiger partial charge in [-0.05, 0) is 18.4 Å². The fourth-order valence-corrected chi connectivity index (χ4v) is 2.96. The molecule has 0 bridgehead atoms. The van der Waals surface area contributed by atoms with E-state index in [2.05, 4.69) is 37.7 Å². The molecule has 25 heavy (non-hydrogen) atoms. The Hall–Kier alpha value is -2.72. The van der Waals surface area contributed by atoms with Gasteiger partial charge in [-0.15, -0.1) is 0 Å². The highest BCUT2D eigenvalue weighted by atomic mass is 16.3. The number of aliphatic hydroxyl groups excluding tert-OH is 1. The summed E-state index contributed by atoms with van der Waals surface area (Å²) in [6.45, 7) is 6.67. The van der Waals surface area contributed by atoms with Crippen LogP contribution in [0, 0.1) is 24.2 Å². The van der Waals surface area contributed by atoms with Gasteiger partial charge in [0.25, 0.3) is 0 Å². The van der Waals surface area contributed by atoms with Crippen molar-refractivity contribution < 1.29 is 5.11 Å². The lowest BCUT2D eigenvalue weighted by Gasteiger charge is -2.21. The van der Waals surface area contributed by atoms with Crippen LogP contribution in [0.15, 0.2) is 18.5 Å². The molecule has 7 nitrogen and oxygen atoms in total. The summed E-state index contributed by atoms with van der Waals surface area (Å²) in [7, 11) is 0. The number of anilines is 2. The van der Waals surface area contributed by atoms with Crippen LogP contribution < -0.4 is 10.6 Å². The SMILES string of the molecule is Cc1cnc2c(c1)C(c1nc(N[C@@H](CO)C(C)C)ncc1C#N)CN2. The normalized spacial score (nSPS) is 16.9. The van der Waals surface area contributed by atoms with Gasteiger partial charge in [0.1, 0.15) is 11.9 Å². The molecule has 0 spiro atoms. The van der Waals surface area contributed by atoms with Gasteiger partial charge in [-0.3, -0.25) is 0 Å². The van der Waals surface area contributed by atoms with Gasteiger partial charge in [-0.1, -0.05) is 19.9 Å². The minimum atomic E-state index is -0.140. The number of nitrogens with one attached hydrogen (secondary N) is 2. The van der Waals surface area contributed by atoms with E-state index in [1.807, 2.05) is 27.0 Å². The van der Waals surface area contributed by atoms with E-state index in [0.717, 1.165) is 16.9 Å². The van der Waals surface area contributed by atoms with Crippen LogP contribution in [-0.2, 0) is 0 Å². The van der Waals surface area contributed by atoms with Crippen molar-refractivity contribution in [3.05, 3.63) is 40.8 Å². The maximum Gasteiger partial charge on any atom is 0.223 e. The molecule has 0 amide bonds. The molecule has 1 aliphatic heterocycles. The van der Waals surface area contributed by atoms with Gasteiger partial charge in [0.05, 0.1) is 30.1 Å². The van der Waals surface area contributed by atoms with Crippen molar-refractivity contribution in [2.75, 3.05) is 23.8 Å². The molecule has 130 valence electrons. The molecule has 0 aromatic carbocycles. The van der Waals surface area contributed by atoms with Gasteiger partial charge >= 0.3 is 0 Å². The maximum atomic E-state index is 9.51. The van der Waals surface area contributed by atoms with E-state index in [1.165, 1.54) is 0 Å². The minimum absolute atomic E-state index is 0.00665. The lowest BCUT2D eigenvalue weighted by atomic mass is 9.95. The molecule has 0 radical (unpaired) electrons. The van der Waals surface area contributed by atoms with E-state index in [1.54, 1.807) is 6.20 Å². The number of aryl methyl sites for hydroxylation is 1. The number of hydrogen-bond donors (Lipinski definition) is 3. The van der Waals surface area contributed by atoms with Gasteiger partial charge in [0.2, 0.25) is 5.95 Å². The average Bonchev–Trinajstić information content (AvgIpc) is 3.02. The summed E-state index contributed by atoms with van der Waals surface area (Å²) in [4.78, 5) is 13.2. The summed E-state index contributed by atoms with van der Waals surface area (Å²) in [6, 6.07) is 4.12. The minimum Gasteiger partial charge on any atom is -0.394 e. The third-order valence-electron chi connectivity index (χ3n) is 4.49.